The summed E-state index contributed by atoms with van der Waals surface area (Å²) in [5.74, 6) is 0.900. The summed E-state index contributed by atoms with van der Waals surface area (Å²) in [6.45, 7) is 2.79. The molecule has 0 saturated heterocycles. The Morgan fingerprint density at radius 2 is 2.11 bits per heavy atom. The maximum Gasteiger partial charge on any atom is 0.123 e. The second-order valence-corrected chi connectivity index (χ2v) is 4.04. The third kappa shape index (κ3) is 3.05. The molecule has 0 unspecified atom stereocenters. The summed E-state index contributed by atoms with van der Waals surface area (Å²) in [7, 11) is 1.69. The lowest BCUT2D eigenvalue weighted by molar-refractivity contribution is 0.401. The average Bonchev–Trinajstić information content (AvgIpc) is 2.45. The summed E-state index contributed by atoms with van der Waals surface area (Å²) < 4.78 is 5.35. The largest absolute Gasteiger partial charge is 0.496 e. The summed E-state index contributed by atoms with van der Waals surface area (Å²) >= 11 is 0. The highest BCUT2D eigenvalue weighted by molar-refractivity contribution is 5.35. The number of nitrogens with one attached hydrogen (secondary N) is 1. The molecule has 1 heterocycles. The number of hydrogen-bond donors (Lipinski definition) is 1. The number of ether oxygens (including phenoxy) is 1. The molecule has 1 aromatic carbocycles. The second-order valence-electron chi connectivity index (χ2n) is 4.04. The summed E-state index contributed by atoms with van der Waals surface area (Å²) in [4.78, 5) is 8.27. The molecule has 0 fully saturated rings. The number of nitrogens with zero attached hydrogens (tertiary/aromatic N) is 2. The third-order valence-corrected chi connectivity index (χ3v) is 2.81. The van der Waals surface area contributed by atoms with Gasteiger partial charge >= 0.3 is 0 Å². The number of benzene rings is 1. The highest BCUT2D eigenvalue weighted by Crippen LogP contribution is 2.24. The molecule has 1 N–H and O–H groups in total. The van der Waals surface area contributed by atoms with Crippen LogP contribution in [0.2, 0.25) is 0 Å². The lowest BCUT2D eigenvalue weighted by Gasteiger charge is -2.16. The Morgan fingerprint density at radius 1 is 1.28 bits per heavy atom. The van der Waals surface area contributed by atoms with Crippen molar-refractivity contribution in [3.8, 4) is 5.75 Å². The molecule has 0 spiro atoms. The van der Waals surface area contributed by atoms with E-state index < -0.39 is 0 Å². The molecule has 2 rings (SSSR count). The van der Waals surface area contributed by atoms with Crippen LogP contribution >= 0.6 is 0 Å². The predicted molar refractivity (Wildman–Crippen MR) is 70.3 cm³/mol. The minimum atomic E-state index is 0.197. The van der Waals surface area contributed by atoms with Gasteiger partial charge < -0.3 is 10.1 Å². The molecule has 4 heteroatoms. The zero-order chi connectivity index (χ0) is 12.8. The standard InChI is InChI=1S/C14H17N3O/c1-11(13-5-3-4-6-14(13)18-2)17-10-12-9-15-7-8-16-12/h3-9,11,17H,10H2,1-2H3/t11-/m0/s1. The maximum atomic E-state index is 5.35. The first-order valence-electron chi connectivity index (χ1n) is 5.92. The molecule has 4 nitrogen and oxygen atoms in total. The van der Waals surface area contributed by atoms with Gasteiger partial charge in [-0.1, -0.05) is 18.2 Å². The van der Waals surface area contributed by atoms with Gasteiger partial charge in [0.2, 0.25) is 0 Å². The van der Waals surface area contributed by atoms with E-state index in [0.717, 1.165) is 17.0 Å². The normalized spacial score (nSPS) is 12.1. The van der Waals surface area contributed by atoms with Gasteiger partial charge in [0.05, 0.1) is 12.8 Å². The van der Waals surface area contributed by atoms with E-state index in [1.54, 1.807) is 25.7 Å². The second kappa shape index (κ2) is 6.12. The van der Waals surface area contributed by atoms with Gasteiger partial charge in [-0.3, -0.25) is 9.97 Å². The number of rotatable bonds is 5. The van der Waals surface area contributed by atoms with Crippen LogP contribution in [0, 0.1) is 0 Å². The van der Waals surface area contributed by atoms with Crippen LogP contribution in [-0.2, 0) is 6.54 Å². The molecule has 0 amide bonds. The van der Waals surface area contributed by atoms with Crippen molar-refractivity contribution in [1.29, 1.82) is 0 Å². The van der Waals surface area contributed by atoms with Gasteiger partial charge in [-0.05, 0) is 13.0 Å². The molecular formula is C14H17N3O. The molecule has 1 atom stereocenters. The maximum absolute atomic E-state index is 5.35. The van der Waals surface area contributed by atoms with Gasteiger partial charge in [0.1, 0.15) is 5.75 Å². The van der Waals surface area contributed by atoms with E-state index in [2.05, 4.69) is 28.3 Å². The molecule has 0 aliphatic carbocycles. The van der Waals surface area contributed by atoms with Crippen molar-refractivity contribution < 1.29 is 4.74 Å². The highest BCUT2D eigenvalue weighted by atomic mass is 16.5. The smallest absolute Gasteiger partial charge is 0.123 e. The van der Waals surface area contributed by atoms with E-state index in [9.17, 15) is 0 Å². The molecule has 0 aliphatic heterocycles. The molecule has 2 aromatic rings. The number of methoxy groups -OCH3 is 1. The molecule has 0 aliphatic rings. The summed E-state index contributed by atoms with van der Waals surface area (Å²) in [6, 6.07) is 8.21. The monoisotopic (exact) mass is 243 g/mol. The third-order valence-electron chi connectivity index (χ3n) is 2.81. The van der Waals surface area contributed by atoms with Gasteiger partial charge in [-0.15, -0.1) is 0 Å². The van der Waals surface area contributed by atoms with Crippen molar-refractivity contribution in [3.63, 3.8) is 0 Å². The van der Waals surface area contributed by atoms with Crippen LogP contribution < -0.4 is 10.1 Å². The Labute approximate surface area is 107 Å². The zero-order valence-electron chi connectivity index (χ0n) is 10.6. The fraction of sp³-hybridized carbons (Fsp3) is 0.286. The molecular weight excluding hydrogens is 226 g/mol. The Hall–Kier alpha value is -1.94. The van der Waals surface area contributed by atoms with E-state index in [1.807, 2.05) is 18.2 Å². The van der Waals surface area contributed by atoms with Gasteiger partial charge in [-0.25, -0.2) is 0 Å². The van der Waals surface area contributed by atoms with Crippen LogP contribution in [-0.4, -0.2) is 17.1 Å². The van der Waals surface area contributed by atoms with Crippen LogP contribution in [0.1, 0.15) is 24.2 Å². The molecule has 18 heavy (non-hydrogen) atoms. The first-order valence-corrected chi connectivity index (χ1v) is 5.92. The van der Waals surface area contributed by atoms with Crippen LogP contribution in [0.4, 0.5) is 0 Å². The van der Waals surface area contributed by atoms with Crippen LogP contribution in [0.3, 0.4) is 0 Å². The summed E-state index contributed by atoms with van der Waals surface area (Å²) in [6.07, 6.45) is 5.14. The van der Waals surface area contributed by atoms with E-state index in [1.165, 1.54) is 0 Å². The van der Waals surface area contributed by atoms with Crippen molar-refractivity contribution in [1.82, 2.24) is 15.3 Å². The van der Waals surface area contributed by atoms with Crippen molar-refractivity contribution in [2.45, 2.75) is 19.5 Å². The van der Waals surface area contributed by atoms with Crippen LogP contribution in [0.25, 0.3) is 0 Å². The van der Waals surface area contributed by atoms with Gasteiger partial charge in [0.25, 0.3) is 0 Å². The average molecular weight is 243 g/mol. The quantitative estimate of drug-likeness (QED) is 0.875. The first-order chi connectivity index (χ1) is 8.81. The highest BCUT2D eigenvalue weighted by Gasteiger charge is 2.10. The number of hydrogen-bond acceptors (Lipinski definition) is 4. The van der Waals surface area contributed by atoms with Crippen molar-refractivity contribution in [3.05, 3.63) is 54.1 Å². The Morgan fingerprint density at radius 3 is 2.83 bits per heavy atom. The SMILES string of the molecule is COc1ccccc1[C@H](C)NCc1cnccn1. The van der Waals surface area contributed by atoms with E-state index >= 15 is 0 Å². The van der Waals surface area contributed by atoms with Crippen molar-refractivity contribution >= 4 is 0 Å². The van der Waals surface area contributed by atoms with Crippen molar-refractivity contribution in [2.24, 2.45) is 0 Å². The number of para-hydroxylation sites is 1. The van der Waals surface area contributed by atoms with Gasteiger partial charge in [0, 0.05) is 36.7 Å². The fourth-order valence-electron chi connectivity index (χ4n) is 1.81. The molecule has 0 bridgehead atoms. The minimum Gasteiger partial charge on any atom is -0.496 e. The summed E-state index contributed by atoms with van der Waals surface area (Å²) in [5.41, 5.74) is 2.07. The Kier molecular flexibility index (Phi) is 4.25. The lowest BCUT2D eigenvalue weighted by Crippen LogP contribution is -2.19. The van der Waals surface area contributed by atoms with Crippen LogP contribution in [0.5, 0.6) is 5.75 Å². The molecule has 0 saturated carbocycles. The fourth-order valence-corrected chi connectivity index (χ4v) is 1.81. The topological polar surface area (TPSA) is 47.0 Å². The lowest BCUT2D eigenvalue weighted by atomic mass is 10.1. The van der Waals surface area contributed by atoms with Crippen molar-refractivity contribution in [2.75, 3.05) is 7.11 Å². The van der Waals surface area contributed by atoms with Gasteiger partial charge in [0.15, 0.2) is 0 Å². The van der Waals surface area contributed by atoms with E-state index in [-0.39, 0.29) is 6.04 Å². The molecule has 94 valence electrons. The number of aromatic nitrogens is 2. The zero-order valence-corrected chi connectivity index (χ0v) is 10.6. The molecule has 1 aromatic heterocycles. The van der Waals surface area contributed by atoms with E-state index in [4.69, 9.17) is 4.74 Å². The van der Waals surface area contributed by atoms with E-state index in [0.29, 0.717) is 6.54 Å². The van der Waals surface area contributed by atoms with Gasteiger partial charge in [-0.2, -0.15) is 0 Å². The van der Waals surface area contributed by atoms with Crippen LogP contribution in [0.15, 0.2) is 42.9 Å². The Balaban J connectivity index is 2.01. The minimum absolute atomic E-state index is 0.197. The predicted octanol–water partition coefficient (Wildman–Crippen LogP) is 2.34. The first kappa shape index (κ1) is 12.5. The Bertz CT molecular complexity index is 487. The summed E-state index contributed by atoms with van der Waals surface area (Å²) in [5, 5.41) is 3.41. The molecule has 0 radical (unpaired) electrons.